The van der Waals surface area contributed by atoms with Crippen molar-refractivity contribution in [3.05, 3.63) is 81.7 Å². The van der Waals surface area contributed by atoms with Crippen molar-refractivity contribution in [3.8, 4) is 11.4 Å². The predicted molar refractivity (Wildman–Crippen MR) is 108 cm³/mol. The molecule has 0 aliphatic carbocycles. The molecule has 11 heteroatoms. The van der Waals surface area contributed by atoms with Crippen LogP contribution in [0.1, 0.15) is 15.9 Å². The quantitative estimate of drug-likeness (QED) is 0.368. The molecule has 5 nitrogen and oxygen atoms in total. The van der Waals surface area contributed by atoms with Crippen LogP contribution in [0, 0.1) is 5.82 Å². The lowest BCUT2D eigenvalue weighted by Gasteiger charge is -2.11. The molecule has 2 aromatic heterocycles. The van der Waals surface area contributed by atoms with Gasteiger partial charge in [-0.25, -0.2) is 4.39 Å². The topological polar surface area (TPSA) is 59.3 Å². The molecule has 0 fully saturated rings. The van der Waals surface area contributed by atoms with E-state index < -0.39 is 29.0 Å². The molecule has 31 heavy (non-hydrogen) atoms. The SMILES string of the molecule is O=C(Nc1ccc(Cl)c(-c2nnc3c(Cl)cccn23)c1)c1ccc(C(F)(F)F)cc1F. The molecule has 0 spiro atoms. The largest absolute Gasteiger partial charge is 0.416 e. The normalized spacial score (nSPS) is 11.7. The van der Waals surface area contributed by atoms with Gasteiger partial charge in [-0.1, -0.05) is 23.2 Å². The highest BCUT2D eigenvalue weighted by atomic mass is 35.5. The Labute approximate surface area is 182 Å². The van der Waals surface area contributed by atoms with Gasteiger partial charge in [-0.2, -0.15) is 13.2 Å². The summed E-state index contributed by atoms with van der Waals surface area (Å²) in [5.74, 6) is -1.87. The molecule has 158 valence electrons. The maximum atomic E-state index is 14.1. The van der Waals surface area contributed by atoms with Crippen LogP contribution in [-0.4, -0.2) is 20.5 Å². The van der Waals surface area contributed by atoms with E-state index in [0.717, 1.165) is 6.07 Å². The Morgan fingerprint density at radius 2 is 1.77 bits per heavy atom. The van der Waals surface area contributed by atoms with Crippen LogP contribution >= 0.6 is 23.2 Å². The fraction of sp³-hybridized carbons (Fsp3) is 0.0500. The molecule has 0 saturated carbocycles. The third-order valence-electron chi connectivity index (χ3n) is 4.39. The second-order valence-electron chi connectivity index (χ2n) is 6.41. The third kappa shape index (κ3) is 4.06. The summed E-state index contributed by atoms with van der Waals surface area (Å²) in [6.45, 7) is 0. The number of fused-ring (bicyclic) bond motifs is 1. The number of nitrogens with zero attached hydrogens (tertiary/aromatic N) is 3. The number of aromatic nitrogens is 3. The van der Waals surface area contributed by atoms with E-state index in [-0.39, 0.29) is 11.8 Å². The summed E-state index contributed by atoms with van der Waals surface area (Å²) >= 11 is 12.4. The monoisotopic (exact) mass is 468 g/mol. The first-order chi connectivity index (χ1) is 14.6. The summed E-state index contributed by atoms with van der Waals surface area (Å²) in [4.78, 5) is 12.4. The fourth-order valence-corrected chi connectivity index (χ4v) is 3.32. The summed E-state index contributed by atoms with van der Waals surface area (Å²) in [5, 5.41) is 11.2. The van der Waals surface area contributed by atoms with Gasteiger partial charge in [0.25, 0.3) is 5.91 Å². The van der Waals surface area contributed by atoms with Gasteiger partial charge in [0.05, 0.1) is 21.2 Å². The molecular formula is C20H10Cl2F4N4O. The molecule has 1 amide bonds. The fourth-order valence-electron chi connectivity index (χ4n) is 2.92. The van der Waals surface area contributed by atoms with E-state index in [1.165, 1.54) is 18.2 Å². The van der Waals surface area contributed by atoms with E-state index in [2.05, 4.69) is 15.5 Å². The van der Waals surface area contributed by atoms with Crippen molar-refractivity contribution in [1.82, 2.24) is 14.6 Å². The number of rotatable bonds is 3. The number of alkyl halides is 3. The summed E-state index contributed by atoms with van der Waals surface area (Å²) in [5.41, 5.74) is -0.696. The van der Waals surface area contributed by atoms with Crippen molar-refractivity contribution in [2.24, 2.45) is 0 Å². The van der Waals surface area contributed by atoms with Crippen LogP contribution in [0.4, 0.5) is 23.2 Å². The Morgan fingerprint density at radius 3 is 2.48 bits per heavy atom. The van der Waals surface area contributed by atoms with Crippen molar-refractivity contribution in [2.45, 2.75) is 6.18 Å². The van der Waals surface area contributed by atoms with Gasteiger partial charge in [0.15, 0.2) is 11.5 Å². The van der Waals surface area contributed by atoms with E-state index in [1.807, 2.05) is 0 Å². The van der Waals surface area contributed by atoms with Gasteiger partial charge in [-0.15, -0.1) is 10.2 Å². The first-order valence-electron chi connectivity index (χ1n) is 8.62. The minimum absolute atomic E-state index is 0.225. The number of pyridine rings is 1. The van der Waals surface area contributed by atoms with Crippen LogP contribution in [0.15, 0.2) is 54.7 Å². The molecule has 0 bridgehead atoms. The van der Waals surface area contributed by atoms with Crippen molar-refractivity contribution in [3.63, 3.8) is 0 Å². The average molecular weight is 469 g/mol. The first kappa shape index (κ1) is 21.1. The Hall–Kier alpha value is -3.17. The number of benzene rings is 2. The van der Waals surface area contributed by atoms with Gasteiger partial charge in [0, 0.05) is 17.4 Å². The van der Waals surface area contributed by atoms with Crippen molar-refractivity contribution in [2.75, 3.05) is 5.32 Å². The highest BCUT2D eigenvalue weighted by molar-refractivity contribution is 6.34. The minimum Gasteiger partial charge on any atom is -0.322 e. The van der Waals surface area contributed by atoms with E-state index in [4.69, 9.17) is 23.2 Å². The summed E-state index contributed by atoms with van der Waals surface area (Å²) in [6.07, 6.45) is -3.04. The first-order valence-corrected chi connectivity index (χ1v) is 9.38. The molecule has 0 atom stereocenters. The Morgan fingerprint density at radius 1 is 1.00 bits per heavy atom. The molecular weight excluding hydrogens is 459 g/mol. The average Bonchev–Trinajstić information content (AvgIpc) is 3.14. The zero-order valence-electron chi connectivity index (χ0n) is 15.2. The summed E-state index contributed by atoms with van der Waals surface area (Å²) in [6, 6.07) is 9.45. The second-order valence-corrected chi connectivity index (χ2v) is 7.23. The number of nitrogens with one attached hydrogen (secondary N) is 1. The predicted octanol–water partition coefficient (Wildman–Crippen LogP) is 6.11. The molecule has 0 radical (unpaired) electrons. The molecule has 0 aliphatic rings. The molecule has 4 rings (SSSR count). The number of amides is 1. The van der Waals surface area contributed by atoms with Gasteiger partial charge in [-0.3, -0.25) is 9.20 Å². The molecule has 2 aromatic carbocycles. The Kier molecular flexibility index (Phi) is 5.32. The van der Waals surface area contributed by atoms with Gasteiger partial charge in [-0.05, 0) is 48.5 Å². The van der Waals surface area contributed by atoms with E-state index in [0.29, 0.717) is 33.1 Å². The lowest BCUT2D eigenvalue weighted by Crippen LogP contribution is -2.15. The zero-order valence-corrected chi connectivity index (χ0v) is 16.7. The summed E-state index contributed by atoms with van der Waals surface area (Å²) in [7, 11) is 0. The number of carbonyl (C=O) groups excluding carboxylic acids is 1. The van der Waals surface area contributed by atoms with Gasteiger partial charge in [0.1, 0.15) is 5.82 Å². The van der Waals surface area contributed by atoms with Gasteiger partial charge >= 0.3 is 6.18 Å². The maximum Gasteiger partial charge on any atom is 0.416 e. The highest BCUT2D eigenvalue weighted by Crippen LogP contribution is 2.32. The minimum atomic E-state index is -4.72. The lowest BCUT2D eigenvalue weighted by atomic mass is 10.1. The third-order valence-corrected chi connectivity index (χ3v) is 5.02. The lowest BCUT2D eigenvalue weighted by molar-refractivity contribution is -0.137. The molecule has 0 unspecified atom stereocenters. The van der Waals surface area contributed by atoms with Crippen molar-refractivity contribution >= 4 is 40.4 Å². The number of anilines is 1. The molecule has 0 aliphatic heterocycles. The van der Waals surface area contributed by atoms with E-state index in [1.54, 1.807) is 22.7 Å². The zero-order chi connectivity index (χ0) is 22.3. The van der Waals surface area contributed by atoms with Crippen molar-refractivity contribution in [1.29, 1.82) is 0 Å². The van der Waals surface area contributed by atoms with E-state index >= 15 is 0 Å². The van der Waals surface area contributed by atoms with Crippen LogP contribution in [0.3, 0.4) is 0 Å². The number of hydrogen-bond acceptors (Lipinski definition) is 3. The van der Waals surface area contributed by atoms with Gasteiger partial charge < -0.3 is 5.32 Å². The highest BCUT2D eigenvalue weighted by Gasteiger charge is 2.31. The maximum absolute atomic E-state index is 14.1. The van der Waals surface area contributed by atoms with Crippen LogP contribution in [-0.2, 0) is 6.18 Å². The second kappa shape index (κ2) is 7.82. The van der Waals surface area contributed by atoms with Crippen LogP contribution in [0.2, 0.25) is 10.0 Å². The Balaban J connectivity index is 1.66. The van der Waals surface area contributed by atoms with Crippen LogP contribution < -0.4 is 5.32 Å². The van der Waals surface area contributed by atoms with E-state index in [9.17, 15) is 22.4 Å². The number of hydrogen-bond donors (Lipinski definition) is 1. The molecule has 1 N–H and O–H groups in total. The molecule has 4 aromatic rings. The van der Waals surface area contributed by atoms with Crippen LogP contribution in [0.25, 0.3) is 17.0 Å². The smallest absolute Gasteiger partial charge is 0.322 e. The van der Waals surface area contributed by atoms with Crippen LogP contribution in [0.5, 0.6) is 0 Å². The van der Waals surface area contributed by atoms with Gasteiger partial charge in [0.2, 0.25) is 0 Å². The number of halogens is 6. The van der Waals surface area contributed by atoms with Crippen molar-refractivity contribution < 1.29 is 22.4 Å². The Bertz CT molecular complexity index is 1320. The summed E-state index contributed by atoms with van der Waals surface area (Å²) < 4.78 is 53.8. The standard InChI is InChI=1S/C20H10Cl2F4N4O/c21-14-6-4-11(9-13(14)17-28-29-18-15(22)2-1-7-30(17)18)27-19(31)12-5-3-10(8-16(12)23)20(24,25)26/h1-9H,(H,27,31). The molecule has 0 saturated heterocycles. The molecule has 2 heterocycles. The number of carbonyl (C=O) groups is 1.